The largest absolute Gasteiger partial charge is 0.506 e. The molecule has 0 heterocycles. The van der Waals surface area contributed by atoms with Gasteiger partial charge in [0, 0.05) is 23.9 Å². The van der Waals surface area contributed by atoms with Gasteiger partial charge in [0.15, 0.2) is 17.5 Å². The second-order valence-corrected chi connectivity index (χ2v) is 5.08. The van der Waals surface area contributed by atoms with Crippen LogP contribution in [0.1, 0.15) is 11.1 Å². The number of hydrogen-bond donors (Lipinski definition) is 2. The molecule has 0 aliphatic rings. The Morgan fingerprint density at radius 2 is 1.65 bits per heavy atom. The Balaban J connectivity index is 2.61. The topological polar surface area (TPSA) is 69.9 Å². The summed E-state index contributed by atoms with van der Waals surface area (Å²) in [4.78, 5) is 14.8. The Morgan fingerprint density at radius 3 is 2.23 bits per heavy atom. The Kier molecular flexibility index (Phi) is 5.39. The average molecular weight is 371 g/mol. The molecule has 0 atom stereocenters. The number of halogens is 5. The fourth-order valence-corrected chi connectivity index (χ4v) is 2.08. The monoisotopic (exact) mass is 371 g/mol. The number of aliphatic imine (C=N–C) groups is 1. The van der Waals surface area contributed by atoms with Crippen molar-refractivity contribution in [3.8, 4) is 0 Å². The highest BCUT2D eigenvalue weighted by Crippen LogP contribution is 2.27. The molecule has 26 heavy (non-hydrogen) atoms. The van der Waals surface area contributed by atoms with Crippen molar-refractivity contribution in [2.24, 2.45) is 4.99 Å². The quantitative estimate of drug-likeness (QED) is 0.274. The zero-order chi connectivity index (χ0) is 19.6. The number of carboxylic acid groups (broad SMARTS) is 1. The molecule has 2 aromatic rings. The van der Waals surface area contributed by atoms with Crippen LogP contribution >= 0.6 is 0 Å². The molecule has 0 unspecified atom stereocenters. The average Bonchev–Trinajstić information content (AvgIpc) is 2.54. The standard InChI is InChI=1S/C17H10F5NO3/c1-7-14(11(20)5-12(21)15(7)22)16(24)9(17(25)26)6-23-13-3-2-8(18)4-10(13)19/h2-6,24H,1H3,(H,25,26)/b16-9+,23-6?. The van der Waals surface area contributed by atoms with E-state index in [1.54, 1.807) is 0 Å². The molecule has 0 spiro atoms. The van der Waals surface area contributed by atoms with Gasteiger partial charge in [-0.2, -0.15) is 0 Å². The second kappa shape index (κ2) is 7.34. The third-order valence-corrected chi connectivity index (χ3v) is 3.37. The maximum absolute atomic E-state index is 13.9. The van der Waals surface area contributed by atoms with Gasteiger partial charge in [-0.15, -0.1) is 0 Å². The summed E-state index contributed by atoms with van der Waals surface area (Å²) in [7, 11) is 0. The van der Waals surface area contributed by atoms with Gasteiger partial charge in [-0.3, -0.25) is 4.99 Å². The zero-order valence-corrected chi connectivity index (χ0v) is 13.0. The maximum atomic E-state index is 13.9. The van der Waals surface area contributed by atoms with Crippen LogP contribution in [0.4, 0.5) is 27.6 Å². The van der Waals surface area contributed by atoms with Crippen molar-refractivity contribution >= 4 is 23.6 Å². The van der Waals surface area contributed by atoms with Gasteiger partial charge >= 0.3 is 5.97 Å². The number of aliphatic hydroxyl groups excluding tert-OH is 1. The number of carbonyl (C=O) groups is 1. The molecular weight excluding hydrogens is 361 g/mol. The van der Waals surface area contributed by atoms with E-state index >= 15 is 0 Å². The number of rotatable bonds is 4. The first-order chi connectivity index (χ1) is 12.1. The lowest BCUT2D eigenvalue weighted by atomic mass is 10.0. The van der Waals surface area contributed by atoms with Gasteiger partial charge in [-0.25, -0.2) is 26.7 Å². The smallest absolute Gasteiger partial charge is 0.341 e. The van der Waals surface area contributed by atoms with Crippen molar-refractivity contribution in [2.75, 3.05) is 0 Å². The van der Waals surface area contributed by atoms with Crippen molar-refractivity contribution in [2.45, 2.75) is 6.92 Å². The summed E-state index contributed by atoms with van der Waals surface area (Å²) in [5, 5.41) is 19.2. The molecule has 2 rings (SSSR count). The van der Waals surface area contributed by atoms with Crippen molar-refractivity contribution in [1.29, 1.82) is 0 Å². The van der Waals surface area contributed by atoms with Gasteiger partial charge in [0.2, 0.25) is 0 Å². The zero-order valence-electron chi connectivity index (χ0n) is 13.0. The normalized spacial score (nSPS) is 12.4. The summed E-state index contributed by atoms with van der Waals surface area (Å²) in [6, 6.07) is 2.40. The lowest BCUT2D eigenvalue weighted by molar-refractivity contribution is -0.132. The molecule has 0 aliphatic heterocycles. The lowest BCUT2D eigenvalue weighted by Gasteiger charge is -2.10. The first kappa shape index (κ1) is 19.1. The SMILES string of the molecule is Cc1c(F)c(F)cc(F)c1/C(O)=C(/C=Nc1ccc(F)cc1F)C(=O)O. The molecule has 136 valence electrons. The molecule has 9 heteroatoms. The molecule has 0 saturated carbocycles. The van der Waals surface area contributed by atoms with Crippen LogP contribution in [0.2, 0.25) is 0 Å². The molecule has 4 nitrogen and oxygen atoms in total. The Labute approximate surface area is 143 Å². The van der Waals surface area contributed by atoms with E-state index in [1.807, 2.05) is 0 Å². The highest BCUT2D eigenvalue weighted by molar-refractivity contribution is 6.14. The summed E-state index contributed by atoms with van der Waals surface area (Å²) in [6.07, 6.45) is 0.480. The van der Waals surface area contributed by atoms with Gasteiger partial charge in [-0.1, -0.05) is 0 Å². The van der Waals surface area contributed by atoms with E-state index in [4.69, 9.17) is 5.11 Å². The van der Waals surface area contributed by atoms with Gasteiger partial charge in [0.25, 0.3) is 0 Å². The Morgan fingerprint density at radius 1 is 1.00 bits per heavy atom. The summed E-state index contributed by atoms with van der Waals surface area (Å²) in [5.41, 5.74) is -3.02. The van der Waals surface area contributed by atoms with Gasteiger partial charge in [-0.05, 0) is 19.1 Å². The molecule has 0 amide bonds. The molecular formula is C17H10F5NO3. The van der Waals surface area contributed by atoms with Crippen LogP contribution in [-0.4, -0.2) is 22.4 Å². The Hall–Kier alpha value is -3.23. The predicted octanol–water partition coefficient (Wildman–Crippen LogP) is 4.45. The van der Waals surface area contributed by atoms with E-state index in [9.17, 15) is 31.9 Å². The maximum Gasteiger partial charge on any atom is 0.341 e. The third kappa shape index (κ3) is 3.71. The number of carboxylic acids is 1. The van der Waals surface area contributed by atoms with E-state index < -0.39 is 63.2 Å². The molecule has 0 fully saturated rings. The highest BCUT2D eigenvalue weighted by atomic mass is 19.2. The number of hydrogen-bond acceptors (Lipinski definition) is 3. The van der Waals surface area contributed by atoms with Crippen molar-refractivity contribution in [3.63, 3.8) is 0 Å². The summed E-state index contributed by atoms with van der Waals surface area (Å²) < 4.78 is 67.0. The lowest BCUT2D eigenvalue weighted by Crippen LogP contribution is -2.09. The fourth-order valence-electron chi connectivity index (χ4n) is 2.08. The number of nitrogens with zero attached hydrogens (tertiary/aromatic N) is 1. The van der Waals surface area contributed by atoms with Crippen molar-refractivity contribution in [3.05, 3.63) is 70.1 Å². The van der Waals surface area contributed by atoms with Gasteiger partial charge in [0.05, 0.1) is 11.3 Å². The molecule has 2 N–H and O–H groups in total. The number of aliphatic carboxylic acids is 1. The second-order valence-electron chi connectivity index (χ2n) is 5.08. The van der Waals surface area contributed by atoms with Crippen LogP contribution in [0.5, 0.6) is 0 Å². The van der Waals surface area contributed by atoms with E-state index in [0.717, 1.165) is 19.1 Å². The van der Waals surface area contributed by atoms with Gasteiger partial charge in [0.1, 0.15) is 23.0 Å². The molecule has 0 saturated heterocycles. The predicted molar refractivity (Wildman–Crippen MR) is 82.7 cm³/mol. The van der Waals surface area contributed by atoms with Crippen LogP contribution in [0.15, 0.2) is 34.8 Å². The first-order valence-electron chi connectivity index (χ1n) is 6.93. The van der Waals surface area contributed by atoms with E-state index in [0.29, 0.717) is 12.3 Å². The third-order valence-electron chi connectivity index (χ3n) is 3.37. The summed E-state index contributed by atoms with van der Waals surface area (Å²) >= 11 is 0. The summed E-state index contributed by atoms with van der Waals surface area (Å²) in [5.74, 6) is -9.43. The highest BCUT2D eigenvalue weighted by Gasteiger charge is 2.23. The van der Waals surface area contributed by atoms with E-state index in [1.165, 1.54) is 0 Å². The molecule has 2 aromatic carbocycles. The van der Waals surface area contributed by atoms with Crippen molar-refractivity contribution < 1.29 is 37.0 Å². The molecule has 0 aromatic heterocycles. The molecule has 0 aliphatic carbocycles. The van der Waals surface area contributed by atoms with Crippen molar-refractivity contribution in [1.82, 2.24) is 0 Å². The Bertz CT molecular complexity index is 954. The van der Waals surface area contributed by atoms with E-state index in [-0.39, 0.29) is 6.07 Å². The van der Waals surface area contributed by atoms with Crippen LogP contribution in [-0.2, 0) is 4.79 Å². The van der Waals surface area contributed by atoms with Gasteiger partial charge < -0.3 is 10.2 Å². The molecule has 0 bridgehead atoms. The number of benzene rings is 2. The fraction of sp³-hybridized carbons (Fsp3) is 0.0588. The van der Waals surface area contributed by atoms with Crippen LogP contribution < -0.4 is 0 Å². The van der Waals surface area contributed by atoms with Crippen LogP contribution in [0.3, 0.4) is 0 Å². The van der Waals surface area contributed by atoms with E-state index in [2.05, 4.69) is 4.99 Å². The van der Waals surface area contributed by atoms with Crippen LogP contribution in [0.25, 0.3) is 5.76 Å². The minimum atomic E-state index is -1.79. The number of aliphatic hydroxyl groups is 1. The first-order valence-corrected chi connectivity index (χ1v) is 6.93. The molecule has 0 radical (unpaired) electrons. The summed E-state index contributed by atoms with van der Waals surface area (Å²) in [6.45, 7) is 0.934. The minimum Gasteiger partial charge on any atom is -0.506 e. The minimum absolute atomic E-state index is 0.143. The van der Waals surface area contributed by atoms with Crippen LogP contribution in [0, 0.1) is 36.0 Å².